The summed E-state index contributed by atoms with van der Waals surface area (Å²) < 4.78 is 41.7. The van der Waals surface area contributed by atoms with E-state index < -0.39 is 21.7 Å². The second-order valence-corrected chi connectivity index (χ2v) is 10.6. The molecule has 0 aliphatic heterocycles. The van der Waals surface area contributed by atoms with Crippen LogP contribution in [0.25, 0.3) is 10.9 Å². The maximum atomic E-state index is 14.0. The summed E-state index contributed by atoms with van der Waals surface area (Å²) in [5.74, 6) is 0.918. The summed E-state index contributed by atoms with van der Waals surface area (Å²) in [5.41, 5.74) is 3.34. The number of nitrogens with one attached hydrogen (secondary N) is 1. The first-order chi connectivity index (χ1) is 15.6. The zero-order chi connectivity index (χ0) is 23.8. The highest BCUT2D eigenvalue weighted by molar-refractivity contribution is 7.92. The second-order valence-electron chi connectivity index (χ2n) is 8.05. The Morgan fingerprint density at radius 1 is 1.15 bits per heavy atom. The average molecular weight is 470 g/mol. The highest BCUT2D eigenvalue weighted by Gasteiger charge is 2.17. The van der Waals surface area contributed by atoms with Gasteiger partial charge in [0.15, 0.2) is 11.9 Å². The van der Waals surface area contributed by atoms with E-state index in [4.69, 9.17) is 9.26 Å². The van der Waals surface area contributed by atoms with Crippen LogP contribution < -0.4 is 10.1 Å². The van der Waals surface area contributed by atoms with Crippen molar-refractivity contribution < 1.29 is 17.9 Å². The van der Waals surface area contributed by atoms with Crippen LogP contribution in [0.2, 0.25) is 0 Å². The third-order valence-corrected chi connectivity index (χ3v) is 5.44. The van der Waals surface area contributed by atoms with Crippen molar-refractivity contribution in [2.45, 2.75) is 26.9 Å². The fourth-order valence-corrected chi connectivity index (χ4v) is 4.04. The third kappa shape index (κ3) is 5.28. The van der Waals surface area contributed by atoms with E-state index >= 15 is 0 Å². The molecule has 0 spiro atoms. The molecule has 172 valence electrons. The first-order valence-corrected chi connectivity index (χ1v) is 12.5. The molecular weight excluding hydrogens is 445 g/mol. The average Bonchev–Trinajstić information content (AvgIpc) is 3.15. The van der Waals surface area contributed by atoms with Gasteiger partial charge in [0.2, 0.25) is 0 Å². The van der Waals surface area contributed by atoms with Gasteiger partial charge in [0.05, 0.1) is 22.6 Å². The molecule has 2 aromatic carbocycles. The molecule has 1 atom stereocenters. The number of aromatic nitrogens is 3. The van der Waals surface area contributed by atoms with Gasteiger partial charge in [0.1, 0.15) is 23.7 Å². The Bertz CT molecular complexity index is 1450. The van der Waals surface area contributed by atoms with Gasteiger partial charge in [0, 0.05) is 39.8 Å². The summed E-state index contributed by atoms with van der Waals surface area (Å²) in [6.07, 6.45) is 4.10. The molecule has 0 aliphatic carbocycles. The van der Waals surface area contributed by atoms with Crippen LogP contribution in [0.1, 0.15) is 30.0 Å². The van der Waals surface area contributed by atoms with Gasteiger partial charge in [0.25, 0.3) is 0 Å². The number of hydrogen-bond acceptors (Lipinski definition) is 8. The summed E-state index contributed by atoms with van der Waals surface area (Å²) >= 11 is 0. The van der Waals surface area contributed by atoms with Crippen LogP contribution in [-0.2, 0) is 9.73 Å². The number of rotatable bonds is 6. The summed E-state index contributed by atoms with van der Waals surface area (Å²) in [6, 6.07) is 9.59. The molecule has 4 rings (SSSR count). The van der Waals surface area contributed by atoms with Crippen molar-refractivity contribution in [1.82, 2.24) is 15.1 Å². The molecular formula is C23H24FN5O3S. The molecule has 0 bridgehead atoms. The summed E-state index contributed by atoms with van der Waals surface area (Å²) in [7, 11) is -2.31. The second kappa shape index (κ2) is 8.78. The van der Waals surface area contributed by atoms with E-state index in [1.807, 2.05) is 19.9 Å². The zero-order valence-electron chi connectivity index (χ0n) is 18.9. The fourth-order valence-electron chi connectivity index (χ4n) is 3.42. The van der Waals surface area contributed by atoms with E-state index in [2.05, 4.69) is 24.8 Å². The van der Waals surface area contributed by atoms with Crippen molar-refractivity contribution in [2.24, 2.45) is 4.36 Å². The zero-order valence-corrected chi connectivity index (χ0v) is 19.7. The van der Waals surface area contributed by atoms with Crippen molar-refractivity contribution >= 4 is 37.8 Å². The predicted octanol–water partition coefficient (Wildman–Crippen LogP) is 5.62. The smallest absolute Gasteiger partial charge is 0.177 e. The molecule has 4 aromatic rings. The molecule has 0 fully saturated rings. The van der Waals surface area contributed by atoms with Gasteiger partial charge >= 0.3 is 0 Å². The molecule has 0 unspecified atom stereocenters. The molecule has 0 radical (unpaired) electrons. The van der Waals surface area contributed by atoms with E-state index in [1.165, 1.54) is 18.5 Å². The van der Waals surface area contributed by atoms with Crippen LogP contribution in [0.3, 0.4) is 0 Å². The minimum atomic E-state index is -2.31. The van der Waals surface area contributed by atoms with Crippen molar-refractivity contribution in [3.63, 3.8) is 0 Å². The first kappa shape index (κ1) is 22.7. The van der Waals surface area contributed by atoms with Crippen molar-refractivity contribution in [1.29, 1.82) is 0 Å². The van der Waals surface area contributed by atoms with Gasteiger partial charge in [-0.25, -0.2) is 18.6 Å². The summed E-state index contributed by atoms with van der Waals surface area (Å²) in [5, 5.41) is 7.88. The van der Waals surface area contributed by atoms with Crippen LogP contribution in [0, 0.1) is 19.7 Å². The number of ether oxygens (including phenoxy) is 1. The maximum Gasteiger partial charge on any atom is 0.177 e. The number of anilines is 2. The Morgan fingerprint density at radius 2 is 1.94 bits per heavy atom. The largest absolute Gasteiger partial charge is 0.480 e. The lowest BCUT2D eigenvalue weighted by Gasteiger charge is -2.17. The lowest BCUT2D eigenvalue weighted by molar-refractivity contribution is 0.182. The van der Waals surface area contributed by atoms with Gasteiger partial charge < -0.3 is 14.6 Å². The van der Waals surface area contributed by atoms with Crippen LogP contribution in [0.15, 0.2) is 51.6 Å². The third-order valence-electron chi connectivity index (χ3n) is 4.79. The summed E-state index contributed by atoms with van der Waals surface area (Å²) in [4.78, 5) is 8.73. The normalized spacial score (nSPS) is 12.5. The minimum absolute atomic E-state index is 0.296. The van der Waals surface area contributed by atoms with E-state index in [0.29, 0.717) is 34.2 Å². The number of benzene rings is 2. The van der Waals surface area contributed by atoms with Gasteiger partial charge in [-0.15, -0.1) is 0 Å². The van der Waals surface area contributed by atoms with Gasteiger partial charge in [-0.1, -0.05) is 5.16 Å². The Kier molecular flexibility index (Phi) is 6.03. The number of aryl methyl sites for hydroxylation is 2. The van der Waals surface area contributed by atoms with E-state index in [0.717, 1.165) is 16.6 Å². The topological polar surface area (TPSA) is 102 Å². The number of hydrogen-bond donors (Lipinski definition) is 1. The van der Waals surface area contributed by atoms with Crippen molar-refractivity contribution in [2.75, 3.05) is 17.8 Å². The van der Waals surface area contributed by atoms with Crippen LogP contribution >= 0.6 is 0 Å². The monoisotopic (exact) mass is 469 g/mol. The minimum Gasteiger partial charge on any atom is -0.480 e. The Hall–Kier alpha value is -3.53. The Labute approximate surface area is 191 Å². The molecule has 2 aromatic heterocycles. The van der Waals surface area contributed by atoms with Crippen LogP contribution in [-0.4, -0.2) is 31.8 Å². The quantitative estimate of drug-likeness (QED) is 0.391. The first-order valence-electron chi connectivity index (χ1n) is 10.2. The number of nitrogens with zero attached hydrogens (tertiary/aromatic N) is 4. The highest BCUT2D eigenvalue weighted by Crippen LogP contribution is 2.35. The Balaban J connectivity index is 1.72. The predicted molar refractivity (Wildman–Crippen MR) is 126 cm³/mol. The molecule has 0 aliphatic rings. The fraction of sp³-hybridized carbons (Fsp3) is 0.261. The maximum absolute atomic E-state index is 14.0. The van der Waals surface area contributed by atoms with Crippen molar-refractivity contribution in [3.8, 4) is 5.75 Å². The van der Waals surface area contributed by atoms with E-state index in [-0.39, 0.29) is 0 Å². The number of fused-ring (bicyclic) bond motifs is 1. The van der Waals surface area contributed by atoms with E-state index in [9.17, 15) is 8.60 Å². The SMILES string of the molecule is Cc1cc([C@@H](C)Oc2cc(F)ccc2Nc2ncnc3cc(N=S(C)(C)=O)cc(C)c23)on1. The molecule has 10 heteroatoms. The lowest BCUT2D eigenvalue weighted by Crippen LogP contribution is -2.05. The molecule has 0 saturated carbocycles. The Morgan fingerprint density at radius 3 is 2.64 bits per heavy atom. The number of halogens is 1. The molecule has 0 amide bonds. The standard InChI is InChI=1S/C23H24FN5O3S/c1-13-8-17(29-33(4,5)30)11-19-22(13)23(26-12-25-19)27-18-7-6-16(24)10-21(18)31-15(3)20-9-14(2)28-32-20/h6-12,15H,1-5H3,(H,25,26,27)/t15-/m1/s1. The van der Waals surface area contributed by atoms with Crippen LogP contribution in [0.5, 0.6) is 5.75 Å². The molecule has 0 saturated heterocycles. The lowest BCUT2D eigenvalue weighted by atomic mass is 10.1. The van der Waals surface area contributed by atoms with Crippen LogP contribution in [0.4, 0.5) is 21.6 Å². The molecule has 33 heavy (non-hydrogen) atoms. The van der Waals surface area contributed by atoms with Gasteiger partial charge in [-0.05, 0) is 50.6 Å². The summed E-state index contributed by atoms with van der Waals surface area (Å²) in [6.45, 7) is 5.51. The van der Waals surface area contributed by atoms with E-state index in [1.54, 1.807) is 37.6 Å². The molecule has 1 N–H and O–H groups in total. The molecule has 8 nitrogen and oxygen atoms in total. The van der Waals surface area contributed by atoms with Gasteiger partial charge in [-0.2, -0.15) is 4.36 Å². The van der Waals surface area contributed by atoms with Crippen molar-refractivity contribution in [3.05, 3.63) is 65.6 Å². The van der Waals surface area contributed by atoms with Gasteiger partial charge in [-0.3, -0.25) is 0 Å². The highest BCUT2D eigenvalue weighted by atomic mass is 32.2. The molecule has 2 heterocycles.